The molecule has 3 heterocycles. The minimum absolute atomic E-state index is 0.0958. The van der Waals surface area contributed by atoms with Gasteiger partial charge in [0.1, 0.15) is 12.2 Å². The summed E-state index contributed by atoms with van der Waals surface area (Å²) in [5, 5.41) is 9.35. The second-order valence-corrected chi connectivity index (χ2v) is 8.41. The van der Waals surface area contributed by atoms with E-state index in [9.17, 15) is 10.1 Å². The molecule has 2 aromatic heterocycles. The Morgan fingerprint density at radius 3 is 2.77 bits per heavy atom. The highest BCUT2D eigenvalue weighted by molar-refractivity contribution is 6.07. The molecular formula is C24H26N4O2. The van der Waals surface area contributed by atoms with Gasteiger partial charge in [-0.1, -0.05) is 18.2 Å². The van der Waals surface area contributed by atoms with Crippen LogP contribution in [0.15, 0.2) is 48.5 Å². The number of ether oxygens (including phenoxy) is 1. The third-order valence-electron chi connectivity index (χ3n) is 5.79. The fourth-order valence-electron chi connectivity index (χ4n) is 4.23. The van der Waals surface area contributed by atoms with E-state index in [-0.39, 0.29) is 18.1 Å². The molecule has 0 saturated carbocycles. The van der Waals surface area contributed by atoms with Crippen LogP contribution in [0.1, 0.15) is 48.8 Å². The standard InChI is InChI=1S/C24H26N4O2/c1-24(2)16-17(11-14-30-24)19-9-10-21-20(26-19)15-22(28(21)13-12-25)23(29)27(3)18-7-5-4-6-8-18/h4-10,15,17H,11,13-14,16H2,1-3H3. The zero-order chi connectivity index (χ0) is 21.3. The number of nitriles is 1. The molecule has 0 bridgehead atoms. The molecule has 6 nitrogen and oxygen atoms in total. The first kappa shape index (κ1) is 20.1. The number of pyridine rings is 1. The van der Waals surface area contributed by atoms with E-state index in [1.165, 1.54) is 0 Å². The molecule has 3 aromatic rings. The van der Waals surface area contributed by atoms with Crippen LogP contribution in [-0.4, -0.2) is 34.7 Å². The Morgan fingerprint density at radius 2 is 2.07 bits per heavy atom. The van der Waals surface area contributed by atoms with Gasteiger partial charge in [0.2, 0.25) is 0 Å². The predicted octanol–water partition coefficient (Wildman–Crippen LogP) is 4.51. The van der Waals surface area contributed by atoms with Crippen LogP contribution in [0.3, 0.4) is 0 Å². The van der Waals surface area contributed by atoms with Crippen molar-refractivity contribution >= 4 is 22.6 Å². The predicted molar refractivity (Wildman–Crippen MR) is 117 cm³/mol. The van der Waals surface area contributed by atoms with Crippen LogP contribution in [0.2, 0.25) is 0 Å². The van der Waals surface area contributed by atoms with Gasteiger partial charge >= 0.3 is 0 Å². The number of anilines is 1. The van der Waals surface area contributed by atoms with E-state index in [1.54, 1.807) is 16.5 Å². The molecule has 4 rings (SSSR count). The summed E-state index contributed by atoms with van der Waals surface area (Å²) in [5.74, 6) is 0.159. The number of carbonyl (C=O) groups is 1. The van der Waals surface area contributed by atoms with Crippen molar-refractivity contribution in [2.75, 3.05) is 18.6 Å². The van der Waals surface area contributed by atoms with Gasteiger partial charge in [-0.2, -0.15) is 5.26 Å². The Labute approximate surface area is 176 Å². The minimum atomic E-state index is -0.164. The Kier molecular flexibility index (Phi) is 5.31. The smallest absolute Gasteiger partial charge is 0.274 e. The summed E-state index contributed by atoms with van der Waals surface area (Å²) in [5.41, 5.74) is 3.67. The quantitative estimate of drug-likeness (QED) is 0.644. The van der Waals surface area contributed by atoms with Crippen LogP contribution in [0.5, 0.6) is 0 Å². The largest absolute Gasteiger partial charge is 0.376 e. The molecule has 1 unspecified atom stereocenters. The summed E-state index contributed by atoms with van der Waals surface area (Å²) in [4.78, 5) is 19.7. The SMILES string of the molecule is CN(C(=O)c1cc2nc(C3CCOC(C)(C)C3)ccc2n1CC#N)c1ccccc1. The van der Waals surface area contributed by atoms with Gasteiger partial charge < -0.3 is 14.2 Å². The van der Waals surface area contributed by atoms with E-state index in [1.807, 2.05) is 48.5 Å². The van der Waals surface area contributed by atoms with E-state index >= 15 is 0 Å². The molecule has 0 spiro atoms. The summed E-state index contributed by atoms with van der Waals surface area (Å²) >= 11 is 0. The maximum Gasteiger partial charge on any atom is 0.274 e. The monoisotopic (exact) mass is 402 g/mol. The number of rotatable bonds is 4. The summed E-state index contributed by atoms with van der Waals surface area (Å²) in [6, 6.07) is 17.5. The van der Waals surface area contributed by atoms with E-state index < -0.39 is 0 Å². The lowest BCUT2D eigenvalue weighted by Crippen LogP contribution is -2.33. The van der Waals surface area contributed by atoms with Crippen molar-refractivity contribution < 1.29 is 9.53 Å². The van der Waals surface area contributed by atoms with Crippen LogP contribution in [0.25, 0.3) is 11.0 Å². The zero-order valence-electron chi connectivity index (χ0n) is 17.6. The van der Waals surface area contributed by atoms with Gasteiger partial charge in [-0.3, -0.25) is 9.78 Å². The highest BCUT2D eigenvalue weighted by Gasteiger charge is 2.31. The summed E-state index contributed by atoms with van der Waals surface area (Å²) in [7, 11) is 1.75. The van der Waals surface area contributed by atoms with E-state index in [0.717, 1.165) is 41.9 Å². The highest BCUT2D eigenvalue weighted by Crippen LogP contribution is 2.35. The van der Waals surface area contributed by atoms with Crippen LogP contribution in [-0.2, 0) is 11.3 Å². The lowest BCUT2D eigenvalue weighted by molar-refractivity contribution is -0.0597. The summed E-state index contributed by atoms with van der Waals surface area (Å²) in [6.45, 7) is 5.03. The Hall–Kier alpha value is -3.17. The van der Waals surface area contributed by atoms with E-state index in [4.69, 9.17) is 9.72 Å². The molecule has 0 N–H and O–H groups in total. The molecule has 1 amide bonds. The van der Waals surface area contributed by atoms with Gasteiger partial charge in [-0.15, -0.1) is 0 Å². The maximum atomic E-state index is 13.2. The summed E-state index contributed by atoms with van der Waals surface area (Å²) in [6.07, 6.45) is 1.84. The molecule has 1 fully saturated rings. The Balaban J connectivity index is 1.72. The fraction of sp³-hybridized carbons (Fsp3) is 0.375. The lowest BCUT2D eigenvalue weighted by atomic mass is 9.86. The van der Waals surface area contributed by atoms with E-state index in [0.29, 0.717) is 11.6 Å². The van der Waals surface area contributed by atoms with Crippen molar-refractivity contribution in [2.24, 2.45) is 0 Å². The van der Waals surface area contributed by atoms with Crippen LogP contribution in [0.4, 0.5) is 5.69 Å². The van der Waals surface area contributed by atoms with Gasteiger partial charge in [0, 0.05) is 31.0 Å². The highest BCUT2D eigenvalue weighted by atomic mass is 16.5. The van der Waals surface area contributed by atoms with Gasteiger partial charge in [0.25, 0.3) is 5.91 Å². The first-order valence-corrected chi connectivity index (χ1v) is 10.2. The molecule has 1 aliphatic rings. The normalized spacial score (nSPS) is 18.1. The molecule has 154 valence electrons. The zero-order valence-corrected chi connectivity index (χ0v) is 17.6. The number of aromatic nitrogens is 2. The number of hydrogen-bond acceptors (Lipinski definition) is 4. The van der Waals surface area contributed by atoms with Crippen LogP contribution < -0.4 is 4.90 Å². The first-order valence-electron chi connectivity index (χ1n) is 10.2. The fourth-order valence-corrected chi connectivity index (χ4v) is 4.23. The molecule has 30 heavy (non-hydrogen) atoms. The van der Waals surface area contributed by atoms with Crippen LogP contribution in [0, 0.1) is 11.3 Å². The average Bonchev–Trinajstić information content (AvgIpc) is 3.10. The second-order valence-electron chi connectivity index (χ2n) is 8.41. The number of benzene rings is 1. The maximum absolute atomic E-state index is 13.2. The third kappa shape index (κ3) is 3.81. The molecule has 0 radical (unpaired) electrons. The molecule has 1 aliphatic heterocycles. The number of fused-ring (bicyclic) bond motifs is 1. The number of nitrogens with zero attached hydrogens (tertiary/aromatic N) is 4. The van der Waals surface area contributed by atoms with Gasteiger partial charge in [0.05, 0.1) is 22.7 Å². The van der Waals surface area contributed by atoms with Crippen molar-refractivity contribution in [3.05, 3.63) is 59.9 Å². The number of amides is 1. The second kappa shape index (κ2) is 7.92. The first-order chi connectivity index (χ1) is 14.4. The number of para-hydroxylation sites is 1. The molecule has 1 atom stereocenters. The van der Waals surface area contributed by atoms with Crippen molar-refractivity contribution in [1.29, 1.82) is 5.26 Å². The molecule has 1 saturated heterocycles. The average molecular weight is 402 g/mol. The lowest BCUT2D eigenvalue weighted by Gasteiger charge is -2.35. The topological polar surface area (TPSA) is 71.2 Å². The van der Waals surface area contributed by atoms with Crippen molar-refractivity contribution in [2.45, 2.75) is 44.8 Å². The number of carbonyl (C=O) groups excluding carboxylic acids is 1. The molecule has 6 heteroatoms. The van der Waals surface area contributed by atoms with Gasteiger partial charge in [0.15, 0.2) is 0 Å². The Morgan fingerprint density at radius 1 is 1.30 bits per heavy atom. The third-order valence-corrected chi connectivity index (χ3v) is 5.79. The van der Waals surface area contributed by atoms with Gasteiger partial charge in [-0.25, -0.2) is 0 Å². The van der Waals surface area contributed by atoms with Crippen LogP contribution >= 0.6 is 0 Å². The van der Waals surface area contributed by atoms with E-state index in [2.05, 4.69) is 19.9 Å². The van der Waals surface area contributed by atoms with Crippen molar-refractivity contribution in [1.82, 2.24) is 9.55 Å². The Bertz CT molecular complexity index is 1110. The molecular weight excluding hydrogens is 376 g/mol. The number of hydrogen-bond donors (Lipinski definition) is 0. The molecule has 0 aliphatic carbocycles. The van der Waals surface area contributed by atoms with Gasteiger partial charge in [-0.05, 0) is 57.0 Å². The van der Waals surface area contributed by atoms with Crippen molar-refractivity contribution in [3.8, 4) is 6.07 Å². The summed E-state index contributed by atoms with van der Waals surface area (Å²) < 4.78 is 7.59. The van der Waals surface area contributed by atoms with Crippen molar-refractivity contribution in [3.63, 3.8) is 0 Å². The molecule has 1 aromatic carbocycles. The minimum Gasteiger partial charge on any atom is -0.376 e.